The molecule has 0 saturated carbocycles. The molecular formula is C32H35F2NO6. The highest BCUT2D eigenvalue weighted by molar-refractivity contribution is 6.40. The van der Waals surface area contributed by atoms with Crippen LogP contribution in [0, 0.1) is 17.6 Å². The molecule has 1 fully saturated rings. The highest BCUT2D eigenvalue weighted by atomic mass is 19.1. The molecule has 7 nitrogen and oxygen atoms in total. The molecule has 3 aromatic rings. The van der Waals surface area contributed by atoms with Gasteiger partial charge in [0, 0.05) is 12.1 Å². The van der Waals surface area contributed by atoms with E-state index in [0.717, 1.165) is 26.1 Å². The molecule has 4 rings (SSSR count). The standard InChI is InChI=1S/C32H35F2NO6/c1-3-40-31(37)30(36)22-5-14-28(29(21-22)39-2)41-20-4-17-35-18-15-25(16-19-35)32(38,23-6-10-26(33)11-7-23)24-8-12-27(34)13-9-24/h5-14,21,25,38H,3-4,15-20H2,1-2H3. The van der Waals surface area contributed by atoms with E-state index < -0.39 is 17.4 Å². The van der Waals surface area contributed by atoms with E-state index in [4.69, 9.17) is 14.2 Å². The lowest BCUT2D eigenvalue weighted by atomic mass is 9.72. The number of Topliss-reactive ketones (excluding diaryl/α,β-unsaturated/α-hetero) is 1. The number of aliphatic hydroxyl groups is 1. The van der Waals surface area contributed by atoms with Gasteiger partial charge in [-0.2, -0.15) is 0 Å². The number of ketones is 1. The summed E-state index contributed by atoms with van der Waals surface area (Å²) in [6.07, 6.45) is 2.14. The Morgan fingerprint density at radius 2 is 1.51 bits per heavy atom. The first-order chi connectivity index (χ1) is 19.8. The molecule has 218 valence electrons. The van der Waals surface area contributed by atoms with E-state index in [9.17, 15) is 23.5 Å². The summed E-state index contributed by atoms with van der Waals surface area (Å²) in [6.45, 7) is 4.44. The number of likely N-dealkylation sites (tertiary alicyclic amines) is 1. The second-order valence-electron chi connectivity index (χ2n) is 10.0. The third-order valence-electron chi connectivity index (χ3n) is 7.51. The second kappa shape index (κ2) is 13.7. The van der Waals surface area contributed by atoms with E-state index in [1.807, 2.05) is 0 Å². The molecule has 0 bridgehead atoms. The van der Waals surface area contributed by atoms with Crippen LogP contribution in [0.25, 0.3) is 0 Å². The molecule has 0 unspecified atom stereocenters. The van der Waals surface area contributed by atoms with Crippen molar-refractivity contribution in [2.45, 2.75) is 31.8 Å². The van der Waals surface area contributed by atoms with Crippen LogP contribution in [-0.2, 0) is 15.1 Å². The number of hydrogen-bond donors (Lipinski definition) is 1. The predicted molar refractivity (Wildman–Crippen MR) is 149 cm³/mol. The van der Waals surface area contributed by atoms with Gasteiger partial charge in [0.15, 0.2) is 11.5 Å². The zero-order valence-electron chi connectivity index (χ0n) is 23.3. The molecule has 1 N–H and O–H groups in total. The van der Waals surface area contributed by atoms with Crippen LogP contribution >= 0.6 is 0 Å². The van der Waals surface area contributed by atoms with Crippen LogP contribution in [0.2, 0.25) is 0 Å². The molecule has 0 atom stereocenters. The molecule has 9 heteroatoms. The summed E-state index contributed by atoms with van der Waals surface area (Å²) in [5.74, 6) is -1.74. The van der Waals surface area contributed by atoms with E-state index in [1.165, 1.54) is 43.5 Å². The zero-order valence-corrected chi connectivity index (χ0v) is 23.3. The normalized spacial score (nSPS) is 14.5. The molecule has 1 aliphatic heterocycles. The molecule has 1 aliphatic rings. The Morgan fingerprint density at radius 1 is 0.927 bits per heavy atom. The van der Waals surface area contributed by atoms with Crippen molar-refractivity contribution in [2.75, 3.05) is 40.0 Å². The Bertz CT molecular complexity index is 1280. The number of ether oxygens (including phenoxy) is 3. The van der Waals surface area contributed by atoms with Gasteiger partial charge < -0.3 is 24.2 Å². The summed E-state index contributed by atoms with van der Waals surface area (Å²) in [7, 11) is 1.46. The average Bonchev–Trinajstić information content (AvgIpc) is 2.99. The Balaban J connectivity index is 1.32. The number of esters is 1. The van der Waals surface area contributed by atoms with Crippen molar-refractivity contribution >= 4 is 11.8 Å². The molecule has 0 amide bonds. The van der Waals surface area contributed by atoms with Crippen LogP contribution < -0.4 is 9.47 Å². The molecule has 0 aromatic heterocycles. The molecular weight excluding hydrogens is 532 g/mol. The van der Waals surface area contributed by atoms with Gasteiger partial charge in [0.05, 0.1) is 20.3 Å². The first kappa shape index (κ1) is 30.1. The zero-order chi connectivity index (χ0) is 29.4. The Labute approximate surface area is 238 Å². The number of carbonyl (C=O) groups is 2. The molecule has 41 heavy (non-hydrogen) atoms. The van der Waals surface area contributed by atoms with Crippen LogP contribution in [0.1, 0.15) is 47.7 Å². The van der Waals surface area contributed by atoms with Gasteiger partial charge in [0.25, 0.3) is 5.78 Å². The summed E-state index contributed by atoms with van der Waals surface area (Å²) in [4.78, 5) is 26.2. The van der Waals surface area contributed by atoms with E-state index >= 15 is 0 Å². The Morgan fingerprint density at radius 3 is 2.05 bits per heavy atom. The van der Waals surface area contributed by atoms with Crippen molar-refractivity contribution in [2.24, 2.45) is 5.92 Å². The second-order valence-corrected chi connectivity index (χ2v) is 10.0. The molecule has 0 radical (unpaired) electrons. The van der Waals surface area contributed by atoms with Crippen LogP contribution in [0.3, 0.4) is 0 Å². The quantitative estimate of drug-likeness (QED) is 0.141. The van der Waals surface area contributed by atoms with E-state index in [2.05, 4.69) is 4.90 Å². The minimum atomic E-state index is -1.37. The average molecular weight is 568 g/mol. The van der Waals surface area contributed by atoms with Gasteiger partial charge in [-0.1, -0.05) is 24.3 Å². The highest BCUT2D eigenvalue weighted by Crippen LogP contribution is 2.42. The van der Waals surface area contributed by atoms with Crippen LogP contribution in [0.4, 0.5) is 8.78 Å². The number of methoxy groups -OCH3 is 1. The minimum absolute atomic E-state index is 0.115. The maximum absolute atomic E-state index is 13.6. The fourth-order valence-electron chi connectivity index (χ4n) is 5.33. The first-order valence-corrected chi connectivity index (χ1v) is 13.7. The number of piperidine rings is 1. The number of nitrogens with zero attached hydrogens (tertiary/aromatic N) is 1. The summed E-state index contributed by atoms with van der Waals surface area (Å²) in [5, 5.41) is 12.0. The monoisotopic (exact) mass is 567 g/mol. The van der Waals surface area contributed by atoms with Crippen LogP contribution in [0.15, 0.2) is 66.7 Å². The minimum Gasteiger partial charge on any atom is -0.493 e. The maximum Gasteiger partial charge on any atom is 0.379 e. The van der Waals surface area contributed by atoms with E-state index in [0.29, 0.717) is 42.1 Å². The van der Waals surface area contributed by atoms with Crippen molar-refractivity contribution in [1.82, 2.24) is 4.90 Å². The maximum atomic E-state index is 13.6. The Kier molecular flexibility index (Phi) is 10.1. The van der Waals surface area contributed by atoms with Crippen LogP contribution in [-0.4, -0.2) is 61.7 Å². The van der Waals surface area contributed by atoms with Gasteiger partial charge in [0.1, 0.15) is 17.2 Å². The first-order valence-electron chi connectivity index (χ1n) is 13.7. The largest absolute Gasteiger partial charge is 0.493 e. The molecule has 3 aromatic carbocycles. The number of benzene rings is 3. The highest BCUT2D eigenvalue weighted by Gasteiger charge is 2.41. The lowest BCUT2D eigenvalue weighted by Crippen LogP contribution is -2.44. The number of hydrogen-bond acceptors (Lipinski definition) is 7. The topological polar surface area (TPSA) is 85.3 Å². The van der Waals surface area contributed by atoms with Gasteiger partial charge in [-0.3, -0.25) is 4.79 Å². The predicted octanol–water partition coefficient (Wildman–Crippen LogP) is 5.14. The fraction of sp³-hybridized carbons (Fsp3) is 0.375. The van der Waals surface area contributed by atoms with Crippen molar-refractivity contribution in [3.8, 4) is 11.5 Å². The smallest absolute Gasteiger partial charge is 0.379 e. The molecule has 1 heterocycles. The lowest BCUT2D eigenvalue weighted by Gasteiger charge is -2.42. The van der Waals surface area contributed by atoms with Crippen molar-refractivity contribution in [1.29, 1.82) is 0 Å². The van der Waals surface area contributed by atoms with E-state index in [1.54, 1.807) is 37.3 Å². The van der Waals surface area contributed by atoms with Crippen molar-refractivity contribution < 1.29 is 37.7 Å². The summed E-state index contributed by atoms with van der Waals surface area (Å²) >= 11 is 0. The fourth-order valence-corrected chi connectivity index (χ4v) is 5.33. The summed E-state index contributed by atoms with van der Waals surface area (Å²) in [5.41, 5.74) is -0.0344. The van der Waals surface area contributed by atoms with E-state index in [-0.39, 0.29) is 29.7 Å². The van der Waals surface area contributed by atoms with Crippen LogP contribution in [0.5, 0.6) is 11.5 Å². The molecule has 1 saturated heterocycles. The third kappa shape index (κ3) is 7.10. The number of rotatable bonds is 12. The molecule has 0 spiro atoms. The number of halogens is 2. The van der Waals surface area contributed by atoms with Gasteiger partial charge in [-0.15, -0.1) is 0 Å². The van der Waals surface area contributed by atoms with Gasteiger partial charge >= 0.3 is 5.97 Å². The van der Waals surface area contributed by atoms with Gasteiger partial charge in [-0.05, 0) is 98.8 Å². The molecule has 0 aliphatic carbocycles. The third-order valence-corrected chi connectivity index (χ3v) is 7.51. The number of carbonyl (C=O) groups excluding carboxylic acids is 2. The summed E-state index contributed by atoms with van der Waals surface area (Å²) in [6, 6.07) is 16.3. The van der Waals surface area contributed by atoms with Crippen molar-refractivity contribution in [3.05, 3.63) is 95.1 Å². The van der Waals surface area contributed by atoms with Crippen molar-refractivity contribution in [3.63, 3.8) is 0 Å². The lowest BCUT2D eigenvalue weighted by molar-refractivity contribution is -0.137. The summed E-state index contributed by atoms with van der Waals surface area (Å²) < 4.78 is 43.3. The SMILES string of the molecule is CCOC(=O)C(=O)c1ccc(OCCCN2CCC(C(O)(c3ccc(F)cc3)c3ccc(F)cc3)CC2)c(OC)c1. The van der Waals surface area contributed by atoms with Gasteiger partial charge in [0.2, 0.25) is 0 Å². The van der Waals surface area contributed by atoms with Gasteiger partial charge in [-0.25, -0.2) is 13.6 Å². The Hall–Kier alpha value is -3.82.